The van der Waals surface area contributed by atoms with Gasteiger partial charge in [0.2, 0.25) is 5.66 Å². The highest BCUT2D eigenvalue weighted by Crippen LogP contribution is 2.51. The van der Waals surface area contributed by atoms with Crippen LogP contribution in [0.3, 0.4) is 0 Å². The fraction of sp³-hybridized carbons (Fsp3) is 0.200. The van der Waals surface area contributed by atoms with E-state index in [2.05, 4.69) is 5.32 Å². The number of nitrogens with zero attached hydrogens (tertiary/aromatic N) is 1. The Hall–Kier alpha value is -2.17. The number of para-hydroxylation sites is 2. The van der Waals surface area contributed by atoms with Crippen LogP contribution in [0.4, 0.5) is 24.5 Å². The molecule has 0 radical (unpaired) electrons. The molecule has 0 aliphatic carbocycles. The fourth-order valence-electron chi connectivity index (χ4n) is 2.70. The van der Waals surface area contributed by atoms with Crippen LogP contribution in [0.15, 0.2) is 54.6 Å². The highest BCUT2D eigenvalue weighted by atomic mass is 19.4. The number of halogens is 3. The van der Waals surface area contributed by atoms with E-state index in [1.807, 2.05) is 0 Å². The molecule has 1 unspecified atom stereocenters. The summed E-state index contributed by atoms with van der Waals surface area (Å²) in [6, 6.07) is 14.7. The lowest BCUT2D eigenvalue weighted by Gasteiger charge is -2.39. The van der Waals surface area contributed by atoms with Crippen molar-refractivity contribution in [3.63, 3.8) is 0 Å². The molecule has 3 rings (SSSR count). The Morgan fingerprint density at radius 1 is 0.950 bits per heavy atom. The minimum absolute atomic E-state index is 0.172. The first-order chi connectivity index (χ1) is 9.47. The molecule has 1 N–H and O–H groups in total. The van der Waals surface area contributed by atoms with Crippen molar-refractivity contribution in [3.8, 4) is 0 Å². The van der Waals surface area contributed by atoms with E-state index in [1.165, 1.54) is 24.1 Å². The van der Waals surface area contributed by atoms with E-state index in [9.17, 15) is 13.2 Å². The van der Waals surface area contributed by atoms with Crippen LogP contribution < -0.4 is 10.2 Å². The summed E-state index contributed by atoms with van der Waals surface area (Å²) in [5, 5.41) is 2.65. The number of benzene rings is 2. The lowest BCUT2D eigenvalue weighted by molar-refractivity contribution is -0.179. The SMILES string of the molecule is CN1c2ccccc2NC1(c1ccccc1)C(F)(F)F. The monoisotopic (exact) mass is 278 g/mol. The van der Waals surface area contributed by atoms with E-state index in [1.54, 1.807) is 42.5 Å². The van der Waals surface area contributed by atoms with Gasteiger partial charge in [0.15, 0.2) is 0 Å². The minimum atomic E-state index is -4.46. The molecule has 1 atom stereocenters. The molecule has 0 saturated carbocycles. The lowest BCUT2D eigenvalue weighted by Crippen LogP contribution is -2.57. The smallest absolute Gasteiger partial charge is 0.350 e. The maximum Gasteiger partial charge on any atom is 0.435 e. The largest absolute Gasteiger partial charge is 0.435 e. The quantitative estimate of drug-likeness (QED) is 0.849. The van der Waals surface area contributed by atoms with Crippen molar-refractivity contribution in [2.75, 3.05) is 17.3 Å². The molecular formula is C15H13F3N2. The van der Waals surface area contributed by atoms with E-state index in [0.29, 0.717) is 11.4 Å². The summed E-state index contributed by atoms with van der Waals surface area (Å²) in [5.74, 6) is 0. The van der Waals surface area contributed by atoms with Gasteiger partial charge in [-0.2, -0.15) is 13.2 Å². The number of fused-ring (bicyclic) bond motifs is 1. The summed E-state index contributed by atoms with van der Waals surface area (Å²) in [6.45, 7) is 0. The van der Waals surface area contributed by atoms with E-state index < -0.39 is 11.8 Å². The van der Waals surface area contributed by atoms with Crippen molar-refractivity contribution >= 4 is 11.4 Å². The molecule has 2 aromatic carbocycles. The molecule has 0 aromatic heterocycles. The normalized spacial score (nSPS) is 21.5. The molecule has 0 fully saturated rings. The van der Waals surface area contributed by atoms with Gasteiger partial charge in [0.05, 0.1) is 11.4 Å². The zero-order chi connectivity index (χ0) is 14.4. The van der Waals surface area contributed by atoms with Crippen LogP contribution in [0.25, 0.3) is 0 Å². The standard InChI is InChI=1S/C15H13F3N2/c1-20-13-10-6-5-9-12(13)19-14(20,15(16,17)18)11-7-3-2-4-8-11/h2-10,19H,1H3. The molecule has 2 nitrogen and oxygen atoms in total. The van der Waals surface area contributed by atoms with Crippen molar-refractivity contribution in [1.82, 2.24) is 0 Å². The number of anilines is 2. The Morgan fingerprint density at radius 2 is 1.55 bits per heavy atom. The minimum Gasteiger partial charge on any atom is -0.350 e. The number of alkyl halides is 3. The molecule has 1 aliphatic heterocycles. The molecule has 104 valence electrons. The second kappa shape index (κ2) is 4.16. The molecule has 2 aromatic rings. The summed E-state index contributed by atoms with van der Waals surface area (Å²) >= 11 is 0. The van der Waals surface area contributed by atoms with Gasteiger partial charge in [-0.05, 0) is 12.1 Å². The zero-order valence-corrected chi connectivity index (χ0v) is 10.8. The zero-order valence-electron chi connectivity index (χ0n) is 10.8. The van der Waals surface area contributed by atoms with Crippen molar-refractivity contribution in [2.24, 2.45) is 0 Å². The summed E-state index contributed by atoms with van der Waals surface area (Å²) in [7, 11) is 1.46. The van der Waals surface area contributed by atoms with Crippen LogP contribution in [-0.2, 0) is 5.66 Å². The van der Waals surface area contributed by atoms with Crippen LogP contribution in [0.1, 0.15) is 5.56 Å². The molecule has 0 bridgehead atoms. The Kier molecular flexibility index (Phi) is 2.67. The highest BCUT2D eigenvalue weighted by molar-refractivity contribution is 5.78. The van der Waals surface area contributed by atoms with Crippen LogP contribution >= 0.6 is 0 Å². The topological polar surface area (TPSA) is 15.3 Å². The molecule has 1 heterocycles. The Balaban J connectivity index is 2.21. The molecule has 1 aliphatic rings. The molecule has 5 heteroatoms. The van der Waals surface area contributed by atoms with Crippen LogP contribution in [0.2, 0.25) is 0 Å². The van der Waals surface area contributed by atoms with E-state index in [0.717, 1.165) is 0 Å². The maximum absolute atomic E-state index is 13.8. The average molecular weight is 278 g/mol. The molecule has 0 saturated heterocycles. The van der Waals surface area contributed by atoms with E-state index >= 15 is 0 Å². The molecular weight excluding hydrogens is 265 g/mol. The van der Waals surface area contributed by atoms with Crippen LogP contribution in [0, 0.1) is 0 Å². The summed E-state index contributed by atoms with van der Waals surface area (Å²) in [4.78, 5) is 1.25. The van der Waals surface area contributed by atoms with Gasteiger partial charge in [-0.3, -0.25) is 0 Å². The van der Waals surface area contributed by atoms with Gasteiger partial charge in [0.25, 0.3) is 0 Å². The number of rotatable bonds is 1. The van der Waals surface area contributed by atoms with Crippen molar-refractivity contribution in [1.29, 1.82) is 0 Å². The van der Waals surface area contributed by atoms with Gasteiger partial charge in [0, 0.05) is 12.6 Å². The van der Waals surface area contributed by atoms with Gasteiger partial charge < -0.3 is 10.2 Å². The average Bonchev–Trinajstić information content (AvgIpc) is 2.74. The lowest BCUT2D eigenvalue weighted by atomic mass is 9.98. The van der Waals surface area contributed by atoms with Crippen LogP contribution in [-0.4, -0.2) is 13.2 Å². The Morgan fingerprint density at radius 3 is 2.15 bits per heavy atom. The summed E-state index contributed by atoms with van der Waals surface area (Å²) < 4.78 is 41.4. The predicted octanol–water partition coefficient (Wildman–Crippen LogP) is 3.96. The van der Waals surface area contributed by atoms with E-state index in [-0.39, 0.29) is 5.56 Å². The molecule has 20 heavy (non-hydrogen) atoms. The van der Waals surface area contributed by atoms with Crippen molar-refractivity contribution in [2.45, 2.75) is 11.8 Å². The molecule has 0 spiro atoms. The van der Waals surface area contributed by atoms with Crippen molar-refractivity contribution < 1.29 is 13.2 Å². The third-order valence-electron chi connectivity index (χ3n) is 3.69. The predicted molar refractivity (Wildman–Crippen MR) is 72.6 cm³/mol. The number of hydrogen-bond acceptors (Lipinski definition) is 2. The van der Waals surface area contributed by atoms with Gasteiger partial charge in [-0.25, -0.2) is 0 Å². The van der Waals surface area contributed by atoms with Gasteiger partial charge in [0.1, 0.15) is 0 Å². The summed E-state index contributed by atoms with van der Waals surface area (Å²) in [5.41, 5.74) is -1.03. The third-order valence-corrected chi connectivity index (χ3v) is 3.69. The van der Waals surface area contributed by atoms with Crippen LogP contribution in [0.5, 0.6) is 0 Å². The van der Waals surface area contributed by atoms with Gasteiger partial charge in [-0.1, -0.05) is 42.5 Å². The second-order valence-corrected chi connectivity index (χ2v) is 4.78. The Bertz CT molecular complexity index is 625. The van der Waals surface area contributed by atoms with Gasteiger partial charge >= 0.3 is 6.18 Å². The first-order valence-electron chi connectivity index (χ1n) is 6.20. The first kappa shape index (κ1) is 12.8. The van der Waals surface area contributed by atoms with Crippen molar-refractivity contribution in [3.05, 3.63) is 60.2 Å². The first-order valence-corrected chi connectivity index (χ1v) is 6.20. The Labute approximate surface area is 114 Å². The summed E-state index contributed by atoms with van der Waals surface area (Å²) in [6.07, 6.45) is -4.46. The van der Waals surface area contributed by atoms with Gasteiger partial charge in [-0.15, -0.1) is 0 Å². The second-order valence-electron chi connectivity index (χ2n) is 4.78. The maximum atomic E-state index is 13.8. The number of hydrogen-bond donors (Lipinski definition) is 1. The fourth-order valence-corrected chi connectivity index (χ4v) is 2.70. The number of nitrogens with one attached hydrogen (secondary N) is 1. The molecule has 0 amide bonds. The van der Waals surface area contributed by atoms with E-state index in [4.69, 9.17) is 0 Å². The highest BCUT2D eigenvalue weighted by Gasteiger charge is 2.62. The third kappa shape index (κ3) is 1.59.